The van der Waals surface area contributed by atoms with Gasteiger partial charge in [-0.05, 0) is 72.8 Å². The van der Waals surface area contributed by atoms with E-state index < -0.39 is 23.5 Å². The Bertz CT molecular complexity index is 2220. The molecule has 0 spiro atoms. The summed E-state index contributed by atoms with van der Waals surface area (Å²) in [6.45, 7) is 9.84. The van der Waals surface area contributed by atoms with E-state index in [4.69, 9.17) is 9.73 Å². The van der Waals surface area contributed by atoms with Gasteiger partial charge in [-0.15, -0.1) is 0 Å². The number of piperidine rings is 2. The largest absolute Gasteiger partial charge is 0.423 e. The van der Waals surface area contributed by atoms with E-state index >= 15 is 0 Å². The fourth-order valence-corrected chi connectivity index (χ4v) is 12.2. The number of esters is 1. The summed E-state index contributed by atoms with van der Waals surface area (Å²) in [5.74, 6) is 1.29. The molecule has 0 radical (unpaired) electrons. The number of fused-ring (bicyclic) bond motifs is 3. The Morgan fingerprint density at radius 1 is 1.05 bits per heavy atom. The highest BCUT2D eigenvalue weighted by Gasteiger charge is 2.61. The Balaban J connectivity index is 0.858. The standard InChI is InChI=1S/C44H54N10O6/c1-43-8-7-36(56)44(2,23-55)35(43)16-34-31(22-54-12-11-47-42(54)50-34)32(43)15-33(49-41-45-9-10-46-41)30-14-29(60-40(30)59)13-25-3-5-28(6-4-25)48-37(57)17-38(58)51-39-26-18-52-20-27(39)21-53(19-26)24-52/h3-6,9-14,26-27,31-33,35-36,39,55-56H,7-8,15-24H2,1-2H3,(H,48,57)(H,51,58)(H2,45,46,49)/t26?,27?,31?,32?,33?,35?,36-,39?,43-,44+/m1/s1. The second-order valence-corrected chi connectivity index (χ2v) is 18.8. The number of ether oxygens (including phenoxy) is 1. The number of allylic oxidation sites excluding steroid dienone is 1. The Labute approximate surface area is 348 Å². The van der Waals surface area contributed by atoms with Gasteiger partial charge in [-0.1, -0.05) is 26.0 Å². The molecule has 3 aromatic rings. The summed E-state index contributed by atoms with van der Waals surface area (Å²) in [7, 11) is 0. The van der Waals surface area contributed by atoms with Gasteiger partial charge in [0.05, 0.1) is 31.0 Å². The molecule has 2 saturated carbocycles. The highest BCUT2D eigenvalue weighted by Crippen LogP contribution is 2.62. The van der Waals surface area contributed by atoms with Crippen molar-refractivity contribution in [1.29, 1.82) is 0 Å². The summed E-state index contributed by atoms with van der Waals surface area (Å²) in [6.07, 6.45) is 12.3. The van der Waals surface area contributed by atoms with Crippen molar-refractivity contribution in [1.82, 2.24) is 34.6 Å². The fraction of sp³-hybridized carbons (Fsp3) is 0.545. The molecule has 60 heavy (non-hydrogen) atoms. The molecular formula is C44H54N10O6. The van der Waals surface area contributed by atoms with Crippen LogP contribution in [0.3, 0.4) is 0 Å². The summed E-state index contributed by atoms with van der Waals surface area (Å²) in [5, 5.41) is 31.6. The van der Waals surface area contributed by atoms with Crippen LogP contribution in [0.1, 0.15) is 51.5 Å². The van der Waals surface area contributed by atoms with Crippen molar-refractivity contribution >= 4 is 47.2 Å². The number of cyclic esters (lactones) is 1. The minimum absolute atomic E-state index is 0.000705. The third-order valence-electron chi connectivity index (χ3n) is 15.1. The van der Waals surface area contributed by atoms with Gasteiger partial charge < -0.3 is 40.5 Å². The van der Waals surface area contributed by atoms with E-state index in [1.165, 1.54) is 0 Å². The SMILES string of the molecule is C[C@]12CC[C@@H](O)[C@@](C)(CO)C1CC1=Nc3nccn3CC1C2CC(Nc1ncc[nH]1)C1=CC(=Cc2ccc(NC(=O)CC(=O)NC3C4CN5CC3CN(C4)C5)cc2)OC1=O. The smallest absolute Gasteiger partial charge is 0.341 e. The number of amides is 2. The number of nitrogens with zero attached hydrogens (tertiary/aromatic N) is 6. The van der Waals surface area contributed by atoms with Crippen molar-refractivity contribution in [2.24, 2.45) is 45.4 Å². The monoisotopic (exact) mass is 818 g/mol. The molecular weight excluding hydrogens is 765 g/mol. The second-order valence-electron chi connectivity index (χ2n) is 18.8. The molecule has 16 nitrogen and oxygen atoms in total. The van der Waals surface area contributed by atoms with Crippen LogP contribution < -0.4 is 16.0 Å². The third kappa shape index (κ3) is 6.96. The predicted molar refractivity (Wildman–Crippen MR) is 222 cm³/mol. The van der Waals surface area contributed by atoms with Crippen molar-refractivity contribution in [3.05, 3.63) is 72.0 Å². The number of aromatic nitrogens is 4. The number of aliphatic imine (C=N–C) groups is 1. The highest BCUT2D eigenvalue weighted by atomic mass is 16.5. The average Bonchev–Trinajstić information content (AvgIpc) is 3.99. The van der Waals surface area contributed by atoms with E-state index in [0.717, 1.165) is 50.5 Å². The lowest BCUT2D eigenvalue weighted by molar-refractivity contribution is -0.156. The van der Waals surface area contributed by atoms with Gasteiger partial charge in [0, 0.05) is 98.1 Å². The van der Waals surface area contributed by atoms with Crippen LogP contribution >= 0.6 is 0 Å². The topological polar surface area (TPSA) is 202 Å². The molecule has 316 valence electrons. The number of imidazole rings is 2. The van der Waals surface area contributed by atoms with Gasteiger partial charge >= 0.3 is 5.97 Å². The van der Waals surface area contributed by atoms with Crippen LogP contribution in [-0.2, 0) is 25.7 Å². The van der Waals surface area contributed by atoms with Crippen LogP contribution in [0.5, 0.6) is 0 Å². The maximum Gasteiger partial charge on any atom is 0.341 e. The number of aliphatic hydroxyl groups excluding tert-OH is 2. The molecule has 1 aromatic carbocycles. The van der Waals surface area contributed by atoms with E-state index in [0.29, 0.717) is 66.6 Å². The van der Waals surface area contributed by atoms with Crippen LogP contribution in [0.15, 0.2) is 71.5 Å². The lowest BCUT2D eigenvalue weighted by Gasteiger charge is -2.62. The summed E-state index contributed by atoms with van der Waals surface area (Å²) in [5.41, 5.74) is 1.79. The minimum atomic E-state index is -0.727. The van der Waals surface area contributed by atoms with Crippen molar-refractivity contribution < 1.29 is 29.3 Å². The first-order valence-electron chi connectivity index (χ1n) is 21.4. The number of benzene rings is 1. The Hall–Kier alpha value is -5.16. The normalized spacial score (nSPS) is 36.0. The molecule has 16 heteroatoms. The number of nitrogens with one attached hydrogen (secondary N) is 4. The van der Waals surface area contributed by atoms with Gasteiger partial charge in [-0.3, -0.25) is 19.4 Å². The predicted octanol–water partition coefficient (Wildman–Crippen LogP) is 3.15. The number of carbonyl (C=O) groups excluding carboxylic acids is 3. The number of hydrogen-bond acceptors (Lipinski definition) is 12. The highest BCUT2D eigenvalue weighted by molar-refractivity contribution is 6.03. The summed E-state index contributed by atoms with van der Waals surface area (Å²) >= 11 is 0. The number of aliphatic hydroxyl groups is 2. The van der Waals surface area contributed by atoms with Crippen molar-refractivity contribution in [3.63, 3.8) is 0 Å². The van der Waals surface area contributed by atoms with Gasteiger partial charge in [0.2, 0.25) is 23.7 Å². The van der Waals surface area contributed by atoms with E-state index in [9.17, 15) is 24.6 Å². The molecule has 7 atom stereocenters. The zero-order valence-electron chi connectivity index (χ0n) is 34.1. The Kier molecular flexibility index (Phi) is 9.80. The molecule has 11 rings (SSSR count). The van der Waals surface area contributed by atoms with Gasteiger partial charge in [0.25, 0.3) is 0 Å². The number of aromatic amines is 1. The maximum atomic E-state index is 13.8. The quantitative estimate of drug-likeness (QED) is 0.123. The molecule has 4 saturated heterocycles. The molecule has 6 aliphatic heterocycles. The van der Waals surface area contributed by atoms with Crippen LogP contribution in [0.4, 0.5) is 17.6 Å². The van der Waals surface area contributed by atoms with E-state index in [1.807, 2.05) is 25.3 Å². The van der Waals surface area contributed by atoms with Crippen molar-refractivity contribution in [2.75, 3.05) is 50.1 Å². The molecule has 4 unspecified atom stereocenters. The zero-order valence-corrected chi connectivity index (χ0v) is 34.1. The van der Waals surface area contributed by atoms with Gasteiger partial charge in [0.1, 0.15) is 12.2 Å². The van der Waals surface area contributed by atoms with Crippen LogP contribution in [0, 0.1) is 40.4 Å². The van der Waals surface area contributed by atoms with Gasteiger partial charge in [0.15, 0.2) is 0 Å². The summed E-state index contributed by atoms with van der Waals surface area (Å²) in [6, 6.07) is 6.80. The fourth-order valence-electron chi connectivity index (χ4n) is 12.2. The van der Waals surface area contributed by atoms with Gasteiger partial charge in [-0.25, -0.2) is 19.8 Å². The molecule has 6 fully saturated rings. The molecule has 8 heterocycles. The average molecular weight is 819 g/mol. The molecule has 2 aliphatic carbocycles. The number of rotatable bonds is 11. The number of H-pyrrole nitrogens is 1. The molecule has 8 aliphatic rings. The number of carbonyl (C=O) groups is 3. The second kappa shape index (κ2) is 15.1. The first kappa shape index (κ1) is 39.0. The summed E-state index contributed by atoms with van der Waals surface area (Å²) < 4.78 is 7.96. The lowest BCUT2D eigenvalue weighted by Crippen LogP contribution is -2.71. The minimum Gasteiger partial charge on any atom is -0.423 e. The van der Waals surface area contributed by atoms with Crippen LogP contribution in [-0.4, -0.2) is 121 Å². The van der Waals surface area contributed by atoms with E-state index in [1.54, 1.807) is 42.9 Å². The van der Waals surface area contributed by atoms with E-state index in [-0.39, 0.29) is 54.1 Å². The Morgan fingerprint density at radius 2 is 1.82 bits per heavy atom. The van der Waals surface area contributed by atoms with E-state index in [2.05, 4.69) is 52.2 Å². The first-order chi connectivity index (χ1) is 28.9. The van der Waals surface area contributed by atoms with Gasteiger partial charge in [-0.2, -0.15) is 0 Å². The van der Waals surface area contributed by atoms with Crippen LogP contribution in [0.2, 0.25) is 0 Å². The molecule has 4 bridgehead atoms. The van der Waals surface area contributed by atoms with Crippen LogP contribution in [0.25, 0.3) is 6.08 Å². The van der Waals surface area contributed by atoms with Crippen molar-refractivity contribution in [2.45, 2.75) is 70.7 Å². The first-order valence-corrected chi connectivity index (χ1v) is 21.4. The molecule has 6 N–H and O–H groups in total. The number of anilines is 2. The maximum absolute atomic E-state index is 13.8. The lowest BCUT2D eigenvalue weighted by atomic mass is 9.44. The van der Waals surface area contributed by atoms with Crippen molar-refractivity contribution in [3.8, 4) is 0 Å². The summed E-state index contributed by atoms with van der Waals surface area (Å²) in [4.78, 5) is 61.7. The number of hydrogen-bond donors (Lipinski definition) is 6. The zero-order chi connectivity index (χ0) is 41.3. The third-order valence-corrected chi connectivity index (χ3v) is 15.1. The Morgan fingerprint density at radius 3 is 2.53 bits per heavy atom. The molecule has 2 amide bonds. The molecule has 2 aromatic heterocycles.